The lowest BCUT2D eigenvalue weighted by atomic mass is 10.2. The number of Topliss-reactive ketones (excluding diaryl/α,β-unsaturated/α-hetero) is 1. The van der Waals surface area contributed by atoms with Gasteiger partial charge in [-0.1, -0.05) is 0 Å². The summed E-state index contributed by atoms with van der Waals surface area (Å²) in [7, 11) is 0. The van der Waals surface area contributed by atoms with Gasteiger partial charge in [-0.05, 0) is 6.92 Å². The molecule has 0 aromatic rings. The fourth-order valence-electron chi connectivity index (χ4n) is 0.326. The van der Waals surface area contributed by atoms with Crippen molar-refractivity contribution in [2.75, 3.05) is 6.61 Å². The molecule has 0 spiro atoms. The molecule has 0 rings (SSSR count). The van der Waals surface area contributed by atoms with Crippen molar-refractivity contribution in [2.45, 2.75) is 19.4 Å². The minimum absolute atomic E-state index is 0.138. The highest BCUT2D eigenvalue weighted by molar-refractivity contribution is 5.79. The molecule has 3 nitrogen and oxygen atoms in total. The number of rotatable bonds is 3. The topological polar surface area (TPSA) is 57.5 Å². The average molecular weight is 118 g/mol. The second kappa shape index (κ2) is 3.57. The lowest BCUT2D eigenvalue weighted by Crippen LogP contribution is -2.17. The smallest absolute Gasteiger partial charge is 0.158 e. The summed E-state index contributed by atoms with van der Waals surface area (Å²) in [5, 5.41) is 16.8. The van der Waals surface area contributed by atoms with Gasteiger partial charge in [0, 0.05) is 13.0 Å². The fourth-order valence-corrected chi connectivity index (χ4v) is 0.326. The van der Waals surface area contributed by atoms with Crippen molar-refractivity contribution in [3.05, 3.63) is 0 Å². The van der Waals surface area contributed by atoms with E-state index in [1.54, 1.807) is 0 Å². The lowest BCUT2D eigenvalue weighted by molar-refractivity contribution is -0.125. The zero-order chi connectivity index (χ0) is 6.57. The lowest BCUT2D eigenvalue weighted by Gasteiger charge is -2.00. The zero-order valence-corrected chi connectivity index (χ0v) is 4.79. The van der Waals surface area contributed by atoms with E-state index < -0.39 is 6.10 Å². The molecule has 1 atom stereocenters. The molecule has 0 aliphatic rings. The highest BCUT2D eigenvalue weighted by Crippen LogP contribution is 1.89. The van der Waals surface area contributed by atoms with Gasteiger partial charge in [0.25, 0.3) is 0 Å². The Balaban J connectivity index is 3.32. The summed E-state index contributed by atoms with van der Waals surface area (Å²) in [5.74, 6) is -0.293. The fraction of sp³-hybridized carbons (Fsp3) is 0.800. The summed E-state index contributed by atoms with van der Waals surface area (Å²) in [6.45, 7) is 1.15. The van der Waals surface area contributed by atoms with Gasteiger partial charge in [-0.15, -0.1) is 0 Å². The van der Waals surface area contributed by atoms with Crippen LogP contribution in [0, 0.1) is 0 Å². The van der Waals surface area contributed by atoms with E-state index in [1.807, 2.05) is 0 Å². The molecule has 2 N–H and O–H groups in total. The minimum Gasteiger partial charge on any atom is -0.396 e. The standard InChI is InChI=1S/C5H10O3/c1-4(7)5(8)2-3-6/h5-6,8H,2-3H2,1H3. The summed E-state index contributed by atoms with van der Waals surface area (Å²) >= 11 is 0. The Labute approximate surface area is 47.9 Å². The summed E-state index contributed by atoms with van der Waals surface area (Å²) in [4.78, 5) is 10.2. The first kappa shape index (κ1) is 7.59. The maximum absolute atomic E-state index is 10.2. The largest absolute Gasteiger partial charge is 0.396 e. The van der Waals surface area contributed by atoms with Crippen LogP contribution < -0.4 is 0 Å². The van der Waals surface area contributed by atoms with Crippen LogP contribution in [0.15, 0.2) is 0 Å². The first-order chi connectivity index (χ1) is 3.68. The van der Waals surface area contributed by atoms with E-state index in [4.69, 9.17) is 10.2 Å². The summed E-state index contributed by atoms with van der Waals surface area (Å²) in [6.07, 6.45) is -0.824. The highest BCUT2D eigenvalue weighted by atomic mass is 16.3. The Morgan fingerprint density at radius 1 is 1.75 bits per heavy atom. The van der Waals surface area contributed by atoms with E-state index in [0.29, 0.717) is 0 Å². The van der Waals surface area contributed by atoms with E-state index in [-0.39, 0.29) is 18.8 Å². The molecule has 0 aromatic heterocycles. The molecule has 48 valence electrons. The number of hydrogen-bond donors (Lipinski definition) is 2. The minimum atomic E-state index is -0.972. The SMILES string of the molecule is CC(=O)C(O)CCO. The van der Waals surface area contributed by atoms with Gasteiger partial charge in [-0.25, -0.2) is 0 Å². The van der Waals surface area contributed by atoms with Crippen LogP contribution in [-0.2, 0) is 4.79 Å². The Hall–Kier alpha value is -0.410. The van der Waals surface area contributed by atoms with Gasteiger partial charge in [0.15, 0.2) is 5.78 Å². The molecule has 0 heterocycles. The molecule has 8 heavy (non-hydrogen) atoms. The van der Waals surface area contributed by atoms with Crippen molar-refractivity contribution in [3.63, 3.8) is 0 Å². The first-order valence-electron chi connectivity index (χ1n) is 2.48. The Bertz CT molecular complexity index is 79.7. The predicted octanol–water partition coefficient (Wildman–Crippen LogP) is -0.681. The first-order valence-corrected chi connectivity index (χ1v) is 2.48. The van der Waals surface area contributed by atoms with Crippen molar-refractivity contribution in [3.8, 4) is 0 Å². The van der Waals surface area contributed by atoms with Crippen LogP contribution >= 0.6 is 0 Å². The van der Waals surface area contributed by atoms with Crippen molar-refractivity contribution in [2.24, 2.45) is 0 Å². The number of hydrogen-bond acceptors (Lipinski definition) is 3. The maximum Gasteiger partial charge on any atom is 0.158 e. The van der Waals surface area contributed by atoms with Gasteiger partial charge in [0.1, 0.15) is 6.10 Å². The van der Waals surface area contributed by atoms with Crippen LogP contribution in [0.1, 0.15) is 13.3 Å². The molecule has 1 unspecified atom stereocenters. The van der Waals surface area contributed by atoms with E-state index in [9.17, 15) is 4.79 Å². The molecule has 0 radical (unpaired) electrons. The maximum atomic E-state index is 10.2. The van der Waals surface area contributed by atoms with Gasteiger partial charge in [0.2, 0.25) is 0 Å². The molecule has 0 amide bonds. The van der Waals surface area contributed by atoms with Crippen molar-refractivity contribution in [1.82, 2.24) is 0 Å². The molecule has 0 bridgehead atoms. The Morgan fingerprint density at radius 3 is 2.38 bits per heavy atom. The Kier molecular flexibility index (Phi) is 3.39. The van der Waals surface area contributed by atoms with E-state index >= 15 is 0 Å². The molecule has 0 aliphatic heterocycles. The van der Waals surface area contributed by atoms with Gasteiger partial charge in [-0.3, -0.25) is 4.79 Å². The normalized spacial score (nSPS) is 13.4. The number of carbonyl (C=O) groups excluding carboxylic acids is 1. The van der Waals surface area contributed by atoms with Gasteiger partial charge >= 0.3 is 0 Å². The van der Waals surface area contributed by atoms with E-state index in [1.165, 1.54) is 6.92 Å². The van der Waals surface area contributed by atoms with Crippen LogP contribution in [0.25, 0.3) is 0 Å². The third kappa shape index (κ3) is 2.71. The average Bonchev–Trinajstić information content (AvgIpc) is 1.67. The monoisotopic (exact) mass is 118 g/mol. The number of carbonyl (C=O) groups is 1. The molecular weight excluding hydrogens is 108 g/mol. The molecule has 0 saturated carbocycles. The van der Waals surface area contributed by atoms with Gasteiger partial charge < -0.3 is 10.2 Å². The van der Waals surface area contributed by atoms with Gasteiger partial charge in [-0.2, -0.15) is 0 Å². The van der Waals surface area contributed by atoms with Crippen LogP contribution in [0.5, 0.6) is 0 Å². The second-order valence-electron chi connectivity index (χ2n) is 1.64. The molecule has 0 aromatic carbocycles. The van der Waals surface area contributed by atoms with Gasteiger partial charge in [0.05, 0.1) is 0 Å². The van der Waals surface area contributed by atoms with Crippen LogP contribution in [0.3, 0.4) is 0 Å². The summed E-state index contributed by atoms with van der Waals surface area (Å²) in [5.41, 5.74) is 0. The van der Waals surface area contributed by atoms with E-state index in [2.05, 4.69) is 0 Å². The zero-order valence-electron chi connectivity index (χ0n) is 4.79. The number of aliphatic hydroxyl groups is 2. The summed E-state index contributed by atoms with van der Waals surface area (Å²) < 4.78 is 0. The van der Waals surface area contributed by atoms with Crippen LogP contribution in [0.4, 0.5) is 0 Å². The van der Waals surface area contributed by atoms with Crippen LogP contribution in [-0.4, -0.2) is 28.7 Å². The van der Waals surface area contributed by atoms with Crippen molar-refractivity contribution < 1.29 is 15.0 Å². The quantitative estimate of drug-likeness (QED) is 0.516. The highest BCUT2D eigenvalue weighted by Gasteiger charge is 2.06. The molecule has 3 heteroatoms. The van der Waals surface area contributed by atoms with E-state index in [0.717, 1.165) is 0 Å². The summed E-state index contributed by atoms with van der Waals surface area (Å²) in [6, 6.07) is 0. The second-order valence-corrected chi connectivity index (χ2v) is 1.64. The third-order valence-electron chi connectivity index (χ3n) is 0.872. The molecule has 0 saturated heterocycles. The Morgan fingerprint density at radius 2 is 2.25 bits per heavy atom. The van der Waals surface area contributed by atoms with Crippen molar-refractivity contribution >= 4 is 5.78 Å². The number of aliphatic hydroxyl groups excluding tert-OH is 2. The molecule has 0 aliphatic carbocycles. The third-order valence-corrected chi connectivity index (χ3v) is 0.872. The predicted molar refractivity (Wildman–Crippen MR) is 28.4 cm³/mol. The molecular formula is C5H10O3. The van der Waals surface area contributed by atoms with Crippen LogP contribution in [0.2, 0.25) is 0 Å². The number of ketones is 1. The molecule has 0 fully saturated rings. The van der Waals surface area contributed by atoms with Crippen molar-refractivity contribution in [1.29, 1.82) is 0 Å².